The maximum atomic E-state index is 6.36. The molecular formula is C43H24N2O3S. The molecule has 11 rings (SSSR count). The van der Waals surface area contributed by atoms with Crippen molar-refractivity contribution in [2.75, 3.05) is 4.90 Å². The van der Waals surface area contributed by atoms with E-state index in [4.69, 9.17) is 18.2 Å². The van der Waals surface area contributed by atoms with Gasteiger partial charge in [0.15, 0.2) is 5.58 Å². The summed E-state index contributed by atoms with van der Waals surface area (Å²) in [5.41, 5.74) is 9.06. The number of furan rings is 2. The lowest BCUT2D eigenvalue weighted by Crippen LogP contribution is -2.09. The van der Waals surface area contributed by atoms with Gasteiger partial charge in [-0.3, -0.25) is 0 Å². The van der Waals surface area contributed by atoms with E-state index >= 15 is 0 Å². The number of oxazole rings is 1. The lowest BCUT2D eigenvalue weighted by molar-refractivity contribution is 0.620. The van der Waals surface area contributed by atoms with Crippen LogP contribution in [0.1, 0.15) is 0 Å². The highest BCUT2D eigenvalue weighted by Crippen LogP contribution is 2.44. The summed E-state index contributed by atoms with van der Waals surface area (Å²) in [7, 11) is 0. The standard InChI is InChI=1S/C43H24N2O3S/c1-2-8-25(9-3-1)43-44-35-24-42-34(23-40(35)48-43)33-20-26(16-19-41(33)49-42)45(27-14-17-31-29-10-4-6-12-36(29)46-38(31)21-27)28-15-18-32-30-11-5-7-13-37(30)47-39(32)22-28/h1-24H. The number of aromatic nitrogens is 1. The van der Waals surface area contributed by atoms with Crippen LogP contribution in [0.4, 0.5) is 17.1 Å². The highest BCUT2D eigenvalue weighted by atomic mass is 32.1. The molecule has 5 nitrogen and oxygen atoms in total. The van der Waals surface area contributed by atoms with Crippen LogP contribution in [0.2, 0.25) is 0 Å². The molecule has 4 aromatic heterocycles. The smallest absolute Gasteiger partial charge is 0.227 e. The van der Waals surface area contributed by atoms with Crippen LogP contribution in [0.3, 0.4) is 0 Å². The van der Waals surface area contributed by atoms with Crippen molar-refractivity contribution < 1.29 is 13.3 Å². The number of thiophene rings is 1. The number of hydrogen-bond acceptors (Lipinski definition) is 6. The van der Waals surface area contributed by atoms with Gasteiger partial charge in [0.1, 0.15) is 27.8 Å². The summed E-state index contributed by atoms with van der Waals surface area (Å²) < 4.78 is 21.4. The lowest BCUT2D eigenvalue weighted by atomic mass is 10.1. The Morgan fingerprint density at radius 1 is 0.408 bits per heavy atom. The van der Waals surface area contributed by atoms with Crippen molar-refractivity contribution in [3.63, 3.8) is 0 Å². The molecule has 49 heavy (non-hydrogen) atoms. The molecule has 7 aromatic carbocycles. The van der Waals surface area contributed by atoms with Crippen LogP contribution >= 0.6 is 11.3 Å². The first-order chi connectivity index (χ1) is 24.2. The highest BCUT2D eigenvalue weighted by Gasteiger charge is 2.20. The second kappa shape index (κ2) is 10.1. The van der Waals surface area contributed by atoms with Crippen LogP contribution in [-0.2, 0) is 0 Å². The monoisotopic (exact) mass is 648 g/mol. The Balaban J connectivity index is 1.12. The molecule has 0 saturated carbocycles. The van der Waals surface area contributed by atoms with Crippen LogP contribution in [0.25, 0.3) is 86.6 Å². The molecule has 0 aliphatic rings. The molecule has 6 heteroatoms. The van der Waals surface area contributed by atoms with Crippen molar-refractivity contribution in [1.29, 1.82) is 0 Å². The topological polar surface area (TPSA) is 55.6 Å². The molecule has 4 heterocycles. The molecule has 0 fully saturated rings. The minimum Gasteiger partial charge on any atom is -0.456 e. The maximum Gasteiger partial charge on any atom is 0.227 e. The molecule has 0 N–H and O–H groups in total. The zero-order chi connectivity index (χ0) is 32.1. The predicted molar refractivity (Wildman–Crippen MR) is 202 cm³/mol. The number of nitrogens with zero attached hydrogens (tertiary/aromatic N) is 2. The molecule has 0 spiro atoms. The molecule has 0 amide bonds. The molecule has 11 aromatic rings. The largest absolute Gasteiger partial charge is 0.456 e. The fourth-order valence-corrected chi connectivity index (χ4v) is 8.28. The Labute approximate surface area is 282 Å². The van der Waals surface area contributed by atoms with Gasteiger partial charge in [0, 0.05) is 76.5 Å². The van der Waals surface area contributed by atoms with Crippen molar-refractivity contribution in [3.8, 4) is 11.5 Å². The zero-order valence-corrected chi connectivity index (χ0v) is 26.7. The van der Waals surface area contributed by atoms with Crippen molar-refractivity contribution in [2.24, 2.45) is 0 Å². The van der Waals surface area contributed by atoms with Gasteiger partial charge >= 0.3 is 0 Å². The minimum atomic E-state index is 0.631. The Morgan fingerprint density at radius 3 is 1.67 bits per heavy atom. The average molecular weight is 649 g/mol. The van der Waals surface area contributed by atoms with E-state index in [1.165, 1.54) is 9.40 Å². The first-order valence-corrected chi connectivity index (χ1v) is 17.0. The van der Waals surface area contributed by atoms with E-state index in [0.29, 0.717) is 5.89 Å². The van der Waals surface area contributed by atoms with E-state index in [0.717, 1.165) is 88.4 Å². The van der Waals surface area contributed by atoms with Gasteiger partial charge in [0.2, 0.25) is 5.89 Å². The average Bonchev–Trinajstić information content (AvgIpc) is 3.91. The van der Waals surface area contributed by atoms with Crippen LogP contribution in [-0.4, -0.2) is 4.98 Å². The van der Waals surface area contributed by atoms with E-state index in [-0.39, 0.29) is 0 Å². The molecule has 0 bridgehead atoms. The van der Waals surface area contributed by atoms with Crippen LogP contribution in [0.5, 0.6) is 0 Å². The number of anilines is 3. The van der Waals surface area contributed by atoms with Gasteiger partial charge in [-0.15, -0.1) is 11.3 Å². The van der Waals surface area contributed by atoms with Gasteiger partial charge in [0.25, 0.3) is 0 Å². The number of fused-ring (bicyclic) bond motifs is 10. The minimum absolute atomic E-state index is 0.631. The molecule has 0 aliphatic carbocycles. The molecule has 0 radical (unpaired) electrons. The summed E-state index contributed by atoms with van der Waals surface area (Å²) in [5.74, 6) is 0.631. The summed E-state index contributed by atoms with van der Waals surface area (Å²) in [4.78, 5) is 7.10. The highest BCUT2D eigenvalue weighted by molar-refractivity contribution is 7.25. The van der Waals surface area contributed by atoms with Gasteiger partial charge in [0.05, 0.1) is 0 Å². The summed E-state index contributed by atoms with van der Waals surface area (Å²) in [6.07, 6.45) is 0. The van der Waals surface area contributed by atoms with Crippen molar-refractivity contribution in [2.45, 2.75) is 0 Å². The normalized spacial score (nSPS) is 12.1. The van der Waals surface area contributed by atoms with Gasteiger partial charge in [-0.25, -0.2) is 4.98 Å². The number of hydrogen-bond donors (Lipinski definition) is 0. The van der Waals surface area contributed by atoms with E-state index in [9.17, 15) is 0 Å². The summed E-state index contributed by atoms with van der Waals surface area (Å²) in [6, 6.07) is 50.3. The molecular weight excluding hydrogens is 625 g/mol. The fraction of sp³-hybridized carbons (Fsp3) is 0. The number of benzene rings is 7. The first kappa shape index (κ1) is 26.7. The quantitative estimate of drug-likeness (QED) is 0.190. The summed E-state index contributed by atoms with van der Waals surface area (Å²) in [6.45, 7) is 0. The summed E-state index contributed by atoms with van der Waals surface area (Å²) in [5, 5.41) is 6.72. The Bertz CT molecular complexity index is 2960. The van der Waals surface area contributed by atoms with Crippen molar-refractivity contribution >= 4 is 104 Å². The molecule has 0 unspecified atom stereocenters. The number of rotatable bonds is 4. The Kier molecular flexibility index (Phi) is 5.48. The first-order valence-electron chi connectivity index (χ1n) is 16.2. The van der Waals surface area contributed by atoms with Crippen LogP contribution in [0, 0.1) is 0 Å². The van der Waals surface area contributed by atoms with E-state index in [1.807, 2.05) is 54.6 Å². The van der Waals surface area contributed by atoms with Gasteiger partial charge < -0.3 is 18.2 Å². The van der Waals surface area contributed by atoms with Crippen molar-refractivity contribution in [3.05, 3.63) is 146 Å². The molecule has 0 saturated heterocycles. The van der Waals surface area contributed by atoms with Gasteiger partial charge in [-0.2, -0.15) is 0 Å². The third-order valence-corrected chi connectivity index (χ3v) is 10.6. The van der Waals surface area contributed by atoms with E-state index < -0.39 is 0 Å². The SMILES string of the molecule is c1ccc(-c2nc3cc4sc5ccc(N(c6ccc7c(c6)oc6ccccc67)c6ccc7c(c6)oc6ccccc67)cc5c4cc3o2)cc1. The molecule has 0 atom stereocenters. The third-order valence-electron chi connectivity index (χ3n) is 9.48. The van der Waals surface area contributed by atoms with Gasteiger partial charge in [-0.05, 0) is 78.9 Å². The predicted octanol–water partition coefficient (Wildman–Crippen LogP) is 13.1. The van der Waals surface area contributed by atoms with Crippen LogP contribution in [0.15, 0.2) is 159 Å². The second-order valence-electron chi connectivity index (χ2n) is 12.4. The molecule has 0 aliphatic heterocycles. The zero-order valence-electron chi connectivity index (χ0n) is 25.9. The van der Waals surface area contributed by atoms with E-state index in [1.54, 1.807) is 11.3 Å². The third kappa shape index (κ3) is 4.08. The second-order valence-corrected chi connectivity index (χ2v) is 13.5. The Hall–Kier alpha value is -6.37. The Morgan fingerprint density at radius 2 is 0.980 bits per heavy atom. The van der Waals surface area contributed by atoms with Gasteiger partial charge in [-0.1, -0.05) is 54.6 Å². The summed E-state index contributed by atoms with van der Waals surface area (Å²) >= 11 is 1.77. The molecule has 230 valence electrons. The van der Waals surface area contributed by atoms with E-state index in [2.05, 4.69) is 95.9 Å². The number of para-hydroxylation sites is 2. The maximum absolute atomic E-state index is 6.36. The lowest BCUT2D eigenvalue weighted by Gasteiger charge is -2.25. The fourth-order valence-electron chi connectivity index (χ4n) is 7.18. The van der Waals surface area contributed by atoms with Crippen LogP contribution < -0.4 is 4.90 Å². The van der Waals surface area contributed by atoms with Crippen molar-refractivity contribution in [1.82, 2.24) is 4.98 Å².